The predicted molar refractivity (Wildman–Crippen MR) is 132 cm³/mol. The molecule has 0 aromatic heterocycles. The highest BCUT2D eigenvalue weighted by Crippen LogP contribution is 2.34. The zero-order chi connectivity index (χ0) is 20.6. The fourth-order valence-electron chi connectivity index (χ4n) is 4.31. The summed E-state index contributed by atoms with van der Waals surface area (Å²) in [4.78, 5) is 20.7. The van der Waals surface area contributed by atoms with Crippen LogP contribution in [0.15, 0.2) is 35.3 Å². The number of aliphatic imine (C=N–C) groups is 1. The van der Waals surface area contributed by atoms with E-state index in [-0.39, 0.29) is 36.4 Å². The van der Waals surface area contributed by atoms with Gasteiger partial charge in [0, 0.05) is 46.3 Å². The third kappa shape index (κ3) is 6.83. The van der Waals surface area contributed by atoms with Gasteiger partial charge in [-0.1, -0.05) is 43.7 Å². The molecule has 168 valence electrons. The molecule has 2 aliphatic rings. The van der Waals surface area contributed by atoms with Crippen LogP contribution in [0.1, 0.15) is 37.7 Å². The minimum Gasteiger partial charge on any atom is -0.381 e. The first-order valence-electron chi connectivity index (χ1n) is 10.9. The quantitative estimate of drug-likeness (QED) is 0.350. The largest absolute Gasteiger partial charge is 0.381 e. The Morgan fingerprint density at radius 3 is 2.67 bits per heavy atom. The highest BCUT2D eigenvalue weighted by Gasteiger charge is 2.31. The Balaban J connectivity index is 0.00000320. The van der Waals surface area contributed by atoms with Gasteiger partial charge in [-0.15, -0.1) is 24.0 Å². The molecule has 0 bridgehead atoms. The average Bonchev–Trinajstić information content (AvgIpc) is 3.27. The van der Waals surface area contributed by atoms with Crippen molar-refractivity contribution in [2.45, 2.75) is 32.1 Å². The maximum atomic E-state index is 12.1. The van der Waals surface area contributed by atoms with Gasteiger partial charge < -0.3 is 19.9 Å². The molecule has 0 saturated carbocycles. The second-order valence-electron chi connectivity index (χ2n) is 8.46. The summed E-state index contributed by atoms with van der Waals surface area (Å²) in [5.41, 5.74) is 1.44. The number of likely N-dealkylation sites (N-methyl/N-ethyl adjacent to an activating group) is 1. The second kappa shape index (κ2) is 12.5. The Morgan fingerprint density at radius 1 is 1.27 bits per heavy atom. The highest BCUT2D eigenvalue weighted by atomic mass is 127. The molecule has 0 aliphatic carbocycles. The zero-order valence-electron chi connectivity index (χ0n) is 18.5. The van der Waals surface area contributed by atoms with E-state index >= 15 is 0 Å². The summed E-state index contributed by atoms with van der Waals surface area (Å²) in [5.74, 6) is 2.59. The molecule has 0 spiro atoms. The van der Waals surface area contributed by atoms with Crippen LogP contribution in [0, 0.1) is 11.8 Å². The minimum atomic E-state index is 0. The number of nitrogens with zero attached hydrogens (tertiary/aromatic N) is 3. The number of ether oxygens (including phenoxy) is 1. The minimum absolute atomic E-state index is 0. The number of piperidine rings is 1. The molecule has 3 atom stereocenters. The number of nitrogens with one attached hydrogen (secondary N) is 1. The van der Waals surface area contributed by atoms with Crippen molar-refractivity contribution >= 4 is 35.8 Å². The lowest BCUT2D eigenvalue weighted by Gasteiger charge is -2.40. The maximum Gasteiger partial charge on any atom is 0.243 e. The summed E-state index contributed by atoms with van der Waals surface area (Å²) in [7, 11) is 3.55. The number of hydrogen-bond acceptors (Lipinski definition) is 3. The molecule has 2 aliphatic heterocycles. The molecule has 7 heteroatoms. The van der Waals surface area contributed by atoms with E-state index in [0.717, 1.165) is 58.1 Å². The van der Waals surface area contributed by atoms with E-state index in [1.807, 2.05) is 0 Å². The standard InChI is InChI=1S/C23H36N4O2.HI/c1-4-19-16-27(12-10-21(19)20-8-6-5-7-9-20)23(25-15-22(28)26(2)3)24-14-18-11-13-29-17-18;/h5-9,18-19,21H,4,10-17H2,1-3H3,(H,24,25);1H. The van der Waals surface area contributed by atoms with Crippen molar-refractivity contribution in [1.29, 1.82) is 0 Å². The molecule has 1 N–H and O–H groups in total. The van der Waals surface area contributed by atoms with Crippen molar-refractivity contribution in [3.05, 3.63) is 35.9 Å². The molecule has 6 nitrogen and oxygen atoms in total. The third-order valence-electron chi connectivity index (χ3n) is 6.22. The molecule has 2 fully saturated rings. The van der Waals surface area contributed by atoms with Gasteiger partial charge >= 0.3 is 0 Å². The van der Waals surface area contributed by atoms with Crippen LogP contribution in [0.5, 0.6) is 0 Å². The van der Waals surface area contributed by atoms with Crippen LogP contribution in [0.3, 0.4) is 0 Å². The average molecular weight is 528 g/mol. The first-order chi connectivity index (χ1) is 14.1. The van der Waals surface area contributed by atoms with Crippen LogP contribution < -0.4 is 5.32 Å². The summed E-state index contributed by atoms with van der Waals surface area (Å²) in [6.45, 7) is 6.90. The van der Waals surface area contributed by atoms with Crippen molar-refractivity contribution in [3.63, 3.8) is 0 Å². The number of benzene rings is 1. The number of guanidine groups is 1. The van der Waals surface area contributed by atoms with E-state index in [0.29, 0.717) is 17.8 Å². The van der Waals surface area contributed by atoms with Gasteiger partial charge in [0.15, 0.2) is 5.96 Å². The molecule has 1 aromatic rings. The summed E-state index contributed by atoms with van der Waals surface area (Å²) in [5, 5.41) is 3.55. The van der Waals surface area contributed by atoms with Crippen LogP contribution in [0.25, 0.3) is 0 Å². The van der Waals surface area contributed by atoms with E-state index in [9.17, 15) is 4.79 Å². The SMILES string of the molecule is CCC1CN(C(=NCC(=O)N(C)C)NCC2CCOC2)CCC1c1ccccc1.I. The van der Waals surface area contributed by atoms with E-state index in [4.69, 9.17) is 9.73 Å². The van der Waals surface area contributed by atoms with Gasteiger partial charge in [0.2, 0.25) is 5.91 Å². The van der Waals surface area contributed by atoms with Crippen molar-refractivity contribution in [3.8, 4) is 0 Å². The van der Waals surface area contributed by atoms with Crippen molar-refractivity contribution in [2.24, 2.45) is 16.8 Å². The number of amides is 1. The van der Waals surface area contributed by atoms with Crippen LogP contribution in [-0.4, -0.2) is 75.2 Å². The molecule has 1 aromatic carbocycles. The first-order valence-corrected chi connectivity index (χ1v) is 10.9. The van der Waals surface area contributed by atoms with Crippen molar-refractivity contribution in [1.82, 2.24) is 15.1 Å². The lowest BCUT2D eigenvalue weighted by molar-refractivity contribution is -0.127. The smallest absolute Gasteiger partial charge is 0.243 e. The number of halogens is 1. The summed E-state index contributed by atoms with van der Waals surface area (Å²) in [6.07, 6.45) is 3.33. The normalized spacial score (nSPS) is 24.3. The molecule has 1 amide bonds. The summed E-state index contributed by atoms with van der Waals surface area (Å²) >= 11 is 0. The van der Waals surface area contributed by atoms with Crippen molar-refractivity contribution in [2.75, 3.05) is 53.5 Å². The maximum absolute atomic E-state index is 12.1. The van der Waals surface area contributed by atoms with Crippen LogP contribution in [0.2, 0.25) is 0 Å². The lowest BCUT2D eigenvalue weighted by atomic mass is 9.79. The van der Waals surface area contributed by atoms with Crippen LogP contribution in [0.4, 0.5) is 0 Å². The Morgan fingerprint density at radius 2 is 2.03 bits per heavy atom. The first kappa shape index (κ1) is 24.9. The fraction of sp³-hybridized carbons (Fsp3) is 0.652. The Hall–Kier alpha value is -1.35. The summed E-state index contributed by atoms with van der Waals surface area (Å²) < 4.78 is 5.51. The monoisotopic (exact) mass is 528 g/mol. The van der Waals surface area contributed by atoms with Gasteiger partial charge in [0.1, 0.15) is 6.54 Å². The van der Waals surface area contributed by atoms with Gasteiger partial charge in [-0.2, -0.15) is 0 Å². The van der Waals surface area contributed by atoms with Gasteiger partial charge in [-0.3, -0.25) is 4.79 Å². The number of carbonyl (C=O) groups excluding carboxylic acids is 1. The van der Waals surface area contributed by atoms with Gasteiger partial charge in [-0.05, 0) is 30.2 Å². The predicted octanol–water partition coefficient (Wildman–Crippen LogP) is 3.19. The zero-order valence-corrected chi connectivity index (χ0v) is 20.9. The second-order valence-corrected chi connectivity index (χ2v) is 8.46. The molecule has 2 saturated heterocycles. The van der Waals surface area contributed by atoms with Gasteiger partial charge in [0.25, 0.3) is 0 Å². The molecular weight excluding hydrogens is 491 g/mol. The molecule has 3 unspecified atom stereocenters. The Labute approximate surface area is 198 Å². The number of rotatable bonds is 6. The fourth-order valence-corrected chi connectivity index (χ4v) is 4.31. The van der Waals surface area contributed by atoms with E-state index in [2.05, 4.69) is 47.5 Å². The molecule has 2 heterocycles. The molecular formula is C23H37IN4O2. The van der Waals surface area contributed by atoms with Crippen LogP contribution >= 0.6 is 24.0 Å². The summed E-state index contributed by atoms with van der Waals surface area (Å²) in [6, 6.07) is 10.9. The molecule has 3 rings (SSSR count). The van der Waals surface area contributed by atoms with E-state index < -0.39 is 0 Å². The number of hydrogen-bond donors (Lipinski definition) is 1. The lowest BCUT2D eigenvalue weighted by Crippen LogP contribution is -2.49. The Bertz CT molecular complexity index is 677. The van der Waals surface area contributed by atoms with Gasteiger partial charge in [-0.25, -0.2) is 4.99 Å². The van der Waals surface area contributed by atoms with Crippen molar-refractivity contribution < 1.29 is 9.53 Å². The number of likely N-dealkylation sites (tertiary alicyclic amines) is 1. The topological polar surface area (TPSA) is 57.2 Å². The number of carbonyl (C=O) groups is 1. The highest BCUT2D eigenvalue weighted by molar-refractivity contribution is 14.0. The van der Waals surface area contributed by atoms with Crippen LogP contribution in [-0.2, 0) is 9.53 Å². The van der Waals surface area contributed by atoms with E-state index in [1.54, 1.807) is 19.0 Å². The van der Waals surface area contributed by atoms with Gasteiger partial charge in [0.05, 0.1) is 6.61 Å². The molecule has 30 heavy (non-hydrogen) atoms. The molecule has 0 radical (unpaired) electrons. The third-order valence-corrected chi connectivity index (χ3v) is 6.22. The van der Waals surface area contributed by atoms with E-state index in [1.165, 1.54) is 5.56 Å². The Kier molecular flexibility index (Phi) is 10.4.